The number of benzene rings is 2. The van der Waals surface area contributed by atoms with E-state index >= 15 is 0 Å². The number of amides is 2. The van der Waals surface area contributed by atoms with Gasteiger partial charge in [-0.3, -0.25) is 20.4 Å². The Morgan fingerprint density at radius 2 is 1.80 bits per heavy atom. The number of hydrogen-bond acceptors (Lipinski definition) is 4. The molecule has 0 saturated carbocycles. The molecule has 132 valence electrons. The number of para-hydroxylation sites is 1. The standard InChI is InChI=1S/C18H19BrN2O4/c1-3-24-16-9-8-13(10-14(16)19)18(23)21-20-17(22)11-25-15-7-5-4-6-12(15)2/h4-10H,3,11H2,1-2H3,(H,20,22)(H,21,23). The molecule has 0 atom stereocenters. The van der Waals surface area contributed by atoms with E-state index in [-0.39, 0.29) is 6.61 Å². The van der Waals surface area contributed by atoms with Gasteiger partial charge in [0.2, 0.25) is 0 Å². The molecule has 0 spiro atoms. The second-order valence-corrected chi connectivity index (χ2v) is 5.99. The molecule has 0 aliphatic rings. The molecule has 6 nitrogen and oxygen atoms in total. The largest absolute Gasteiger partial charge is 0.493 e. The molecule has 2 N–H and O–H groups in total. The lowest BCUT2D eigenvalue weighted by molar-refractivity contribution is -0.123. The van der Waals surface area contributed by atoms with Crippen LogP contribution in [0.15, 0.2) is 46.9 Å². The topological polar surface area (TPSA) is 76.7 Å². The fraction of sp³-hybridized carbons (Fsp3) is 0.222. The van der Waals surface area contributed by atoms with Crippen molar-refractivity contribution in [1.29, 1.82) is 0 Å². The summed E-state index contributed by atoms with van der Waals surface area (Å²) < 4.78 is 11.5. The number of carbonyl (C=O) groups excluding carboxylic acids is 2. The van der Waals surface area contributed by atoms with Gasteiger partial charge in [0.15, 0.2) is 6.61 Å². The molecule has 2 amide bonds. The van der Waals surface area contributed by atoms with Crippen LogP contribution in [-0.2, 0) is 4.79 Å². The molecule has 0 saturated heterocycles. The predicted molar refractivity (Wildman–Crippen MR) is 97.6 cm³/mol. The molecular formula is C18H19BrN2O4. The minimum absolute atomic E-state index is 0.196. The van der Waals surface area contributed by atoms with Crippen LogP contribution in [0.5, 0.6) is 11.5 Å². The van der Waals surface area contributed by atoms with Crippen molar-refractivity contribution in [1.82, 2.24) is 10.9 Å². The number of halogens is 1. The van der Waals surface area contributed by atoms with Gasteiger partial charge in [-0.25, -0.2) is 0 Å². The van der Waals surface area contributed by atoms with E-state index in [1.165, 1.54) is 0 Å². The number of hydrazine groups is 1. The van der Waals surface area contributed by atoms with Crippen molar-refractivity contribution in [2.75, 3.05) is 13.2 Å². The van der Waals surface area contributed by atoms with Gasteiger partial charge in [-0.15, -0.1) is 0 Å². The third-order valence-corrected chi connectivity index (χ3v) is 3.88. The van der Waals surface area contributed by atoms with Gasteiger partial charge in [0.05, 0.1) is 11.1 Å². The molecule has 0 radical (unpaired) electrons. The first kappa shape index (κ1) is 18.8. The number of carbonyl (C=O) groups is 2. The van der Waals surface area contributed by atoms with E-state index in [1.54, 1.807) is 24.3 Å². The lowest BCUT2D eigenvalue weighted by Crippen LogP contribution is -2.43. The SMILES string of the molecule is CCOc1ccc(C(=O)NNC(=O)COc2ccccc2C)cc1Br. The predicted octanol–water partition coefficient (Wildman–Crippen LogP) is 3.00. The van der Waals surface area contributed by atoms with Gasteiger partial charge in [0, 0.05) is 5.56 Å². The Morgan fingerprint density at radius 1 is 1.04 bits per heavy atom. The van der Waals surface area contributed by atoms with E-state index in [0.29, 0.717) is 28.1 Å². The van der Waals surface area contributed by atoms with Crippen LogP contribution in [0.2, 0.25) is 0 Å². The van der Waals surface area contributed by atoms with Crippen LogP contribution in [0.4, 0.5) is 0 Å². The maximum atomic E-state index is 12.1. The minimum atomic E-state index is -0.457. The molecule has 0 heterocycles. The quantitative estimate of drug-likeness (QED) is 0.722. The molecule has 25 heavy (non-hydrogen) atoms. The third-order valence-electron chi connectivity index (χ3n) is 3.26. The van der Waals surface area contributed by atoms with E-state index in [2.05, 4.69) is 26.8 Å². The first-order valence-electron chi connectivity index (χ1n) is 7.71. The average Bonchev–Trinajstić information content (AvgIpc) is 2.60. The summed E-state index contributed by atoms with van der Waals surface area (Å²) in [6.45, 7) is 4.10. The zero-order valence-corrected chi connectivity index (χ0v) is 15.6. The highest BCUT2D eigenvalue weighted by Crippen LogP contribution is 2.25. The number of nitrogens with one attached hydrogen (secondary N) is 2. The van der Waals surface area contributed by atoms with Crippen LogP contribution in [0.1, 0.15) is 22.8 Å². The van der Waals surface area contributed by atoms with E-state index in [9.17, 15) is 9.59 Å². The molecule has 0 aliphatic carbocycles. The summed E-state index contributed by atoms with van der Waals surface area (Å²) in [4.78, 5) is 23.9. The van der Waals surface area contributed by atoms with Crippen molar-refractivity contribution in [3.05, 3.63) is 58.1 Å². The molecule has 2 aromatic rings. The number of rotatable bonds is 6. The van der Waals surface area contributed by atoms with Crippen molar-refractivity contribution in [2.45, 2.75) is 13.8 Å². The third kappa shape index (κ3) is 5.49. The second kappa shape index (κ2) is 9.08. The Bertz CT molecular complexity index is 764. The van der Waals surface area contributed by atoms with E-state index < -0.39 is 11.8 Å². The Labute approximate surface area is 154 Å². The lowest BCUT2D eigenvalue weighted by atomic mass is 10.2. The normalized spacial score (nSPS) is 10.0. The van der Waals surface area contributed by atoms with Crippen molar-refractivity contribution < 1.29 is 19.1 Å². The summed E-state index contributed by atoms with van der Waals surface area (Å²) in [6.07, 6.45) is 0. The fourth-order valence-electron chi connectivity index (χ4n) is 2.01. The molecule has 0 bridgehead atoms. The van der Waals surface area contributed by atoms with Gasteiger partial charge >= 0.3 is 0 Å². The van der Waals surface area contributed by atoms with Crippen LogP contribution in [0.3, 0.4) is 0 Å². The maximum absolute atomic E-state index is 12.1. The summed E-state index contributed by atoms with van der Waals surface area (Å²) in [5.41, 5.74) is 5.98. The summed E-state index contributed by atoms with van der Waals surface area (Å²) in [6, 6.07) is 12.3. The molecule has 2 rings (SSSR count). The van der Waals surface area contributed by atoms with Crippen LogP contribution in [0.25, 0.3) is 0 Å². The fourth-order valence-corrected chi connectivity index (χ4v) is 2.50. The van der Waals surface area contributed by atoms with E-state index in [1.807, 2.05) is 32.0 Å². The van der Waals surface area contributed by atoms with Crippen LogP contribution < -0.4 is 20.3 Å². The lowest BCUT2D eigenvalue weighted by Gasteiger charge is -2.11. The molecule has 0 unspecified atom stereocenters. The van der Waals surface area contributed by atoms with Gasteiger partial charge in [0.1, 0.15) is 11.5 Å². The Hall–Kier alpha value is -2.54. The zero-order chi connectivity index (χ0) is 18.2. The number of aryl methyl sites for hydroxylation is 1. The highest BCUT2D eigenvalue weighted by molar-refractivity contribution is 9.10. The Balaban J connectivity index is 1.84. The Kier molecular flexibility index (Phi) is 6.82. The monoisotopic (exact) mass is 406 g/mol. The summed E-state index contributed by atoms with van der Waals surface area (Å²) >= 11 is 3.34. The van der Waals surface area contributed by atoms with Crippen molar-refractivity contribution in [3.63, 3.8) is 0 Å². The zero-order valence-electron chi connectivity index (χ0n) is 14.0. The Morgan fingerprint density at radius 3 is 2.48 bits per heavy atom. The van der Waals surface area contributed by atoms with Crippen molar-refractivity contribution >= 4 is 27.7 Å². The van der Waals surface area contributed by atoms with E-state index in [0.717, 1.165) is 5.56 Å². The minimum Gasteiger partial charge on any atom is -0.493 e. The van der Waals surface area contributed by atoms with Crippen LogP contribution in [-0.4, -0.2) is 25.0 Å². The smallest absolute Gasteiger partial charge is 0.276 e. The first-order valence-corrected chi connectivity index (χ1v) is 8.50. The number of ether oxygens (including phenoxy) is 2. The molecule has 0 aliphatic heterocycles. The average molecular weight is 407 g/mol. The number of hydrogen-bond donors (Lipinski definition) is 2. The van der Waals surface area contributed by atoms with Gasteiger partial charge in [0.25, 0.3) is 11.8 Å². The van der Waals surface area contributed by atoms with Gasteiger partial charge in [-0.05, 0) is 59.6 Å². The molecule has 0 aromatic heterocycles. The molecular weight excluding hydrogens is 388 g/mol. The molecule has 0 fully saturated rings. The van der Waals surface area contributed by atoms with Crippen molar-refractivity contribution in [3.8, 4) is 11.5 Å². The highest BCUT2D eigenvalue weighted by Gasteiger charge is 2.11. The van der Waals surface area contributed by atoms with Crippen LogP contribution in [0, 0.1) is 6.92 Å². The molecule has 7 heteroatoms. The highest BCUT2D eigenvalue weighted by atomic mass is 79.9. The van der Waals surface area contributed by atoms with Crippen molar-refractivity contribution in [2.24, 2.45) is 0 Å². The van der Waals surface area contributed by atoms with Gasteiger partial charge < -0.3 is 9.47 Å². The van der Waals surface area contributed by atoms with Gasteiger partial charge in [-0.1, -0.05) is 18.2 Å². The summed E-state index contributed by atoms with van der Waals surface area (Å²) in [5.74, 6) is 0.378. The summed E-state index contributed by atoms with van der Waals surface area (Å²) in [5, 5.41) is 0. The first-order chi connectivity index (χ1) is 12.0. The van der Waals surface area contributed by atoms with Crippen LogP contribution >= 0.6 is 15.9 Å². The van der Waals surface area contributed by atoms with E-state index in [4.69, 9.17) is 9.47 Å². The summed E-state index contributed by atoms with van der Waals surface area (Å²) in [7, 11) is 0. The molecule has 2 aromatic carbocycles. The van der Waals surface area contributed by atoms with Gasteiger partial charge in [-0.2, -0.15) is 0 Å². The maximum Gasteiger partial charge on any atom is 0.276 e. The second-order valence-electron chi connectivity index (χ2n) is 5.13.